The molecule has 0 bridgehead atoms. The minimum atomic E-state index is 0.684. The summed E-state index contributed by atoms with van der Waals surface area (Å²) < 4.78 is 0. The number of nitrogens with zero attached hydrogens (tertiary/aromatic N) is 1. The van der Waals surface area contributed by atoms with Crippen molar-refractivity contribution in [2.24, 2.45) is 11.8 Å². The van der Waals surface area contributed by atoms with E-state index >= 15 is 0 Å². The molecule has 0 aromatic heterocycles. The molecule has 2 heteroatoms. The fourth-order valence-electron chi connectivity index (χ4n) is 2.27. The molecular formula is C14H28N2. The molecule has 16 heavy (non-hydrogen) atoms. The summed E-state index contributed by atoms with van der Waals surface area (Å²) in [6, 6.07) is 0.684. The minimum Gasteiger partial charge on any atom is -0.315 e. The van der Waals surface area contributed by atoms with Crippen molar-refractivity contribution in [3.05, 3.63) is 12.2 Å². The smallest absolute Gasteiger partial charge is 0.0247 e. The predicted octanol–water partition coefficient (Wildman–Crippen LogP) is 2.52. The first-order chi connectivity index (χ1) is 7.61. The molecule has 0 radical (unpaired) electrons. The van der Waals surface area contributed by atoms with Crippen LogP contribution in [0.4, 0.5) is 0 Å². The van der Waals surface area contributed by atoms with Crippen molar-refractivity contribution in [2.45, 2.75) is 40.2 Å². The van der Waals surface area contributed by atoms with Gasteiger partial charge in [0.05, 0.1) is 0 Å². The lowest BCUT2D eigenvalue weighted by atomic mass is 10.0. The molecule has 94 valence electrons. The summed E-state index contributed by atoms with van der Waals surface area (Å²) >= 11 is 0. The number of hydrogen-bond donors (Lipinski definition) is 1. The zero-order valence-corrected chi connectivity index (χ0v) is 11.4. The van der Waals surface area contributed by atoms with Crippen molar-refractivity contribution in [1.82, 2.24) is 10.2 Å². The molecule has 1 atom stereocenters. The van der Waals surface area contributed by atoms with Crippen LogP contribution in [-0.2, 0) is 0 Å². The molecule has 0 aliphatic carbocycles. The third-order valence-electron chi connectivity index (χ3n) is 3.23. The lowest BCUT2D eigenvalue weighted by Gasteiger charge is -2.35. The molecule has 1 aliphatic heterocycles. The van der Waals surface area contributed by atoms with Gasteiger partial charge in [0.1, 0.15) is 0 Å². The SMILES string of the molecule is CC(C)CNCC(C(C)C)N1CC=CCC1. The van der Waals surface area contributed by atoms with Gasteiger partial charge in [-0.15, -0.1) is 0 Å². The van der Waals surface area contributed by atoms with Gasteiger partial charge in [-0.25, -0.2) is 0 Å². The van der Waals surface area contributed by atoms with Gasteiger partial charge in [0.2, 0.25) is 0 Å². The highest BCUT2D eigenvalue weighted by Gasteiger charge is 2.21. The van der Waals surface area contributed by atoms with E-state index in [9.17, 15) is 0 Å². The predicted molar refractivity (Wildman–Crippen MR) is 71.7 cm³/mol. The lowest BCUT2D eigenvalue weighted by molar-refractivity contribution is 0.164. The fourth-order valence-corrected chi connectivity index (χ4v) is 2.27. The average Bonchev–Trinajstić information content (AvgIpc) is 2.25. The molecule has 1 N–H and O–H groups in total. The zero-order valence-electron chi connectivity index (χ0n) is 11.4. The Balaban J connectivity index is 2.37. The molecule has 0 saturated carbocycles. The first kappa shape index (κ1) is 13.7. The monoisotopic (exact) mass is 224 g/mol. The van der Waals surface area contributed by atoms with Crippen molar-refractivity contribution in [3.63, 3.8) is 0 Å². The summed E-state index contributed by atoms with van der Waals surface area (Å²) in [6.07, 6.45) is 5.82. The van der Waals surface area contributed by atoms with Crippen LogP contribution in [0.5, 0.6) is 0 Å². The molecule has 2 nitrogen and oxygen atoms in total. The molecule has 1 rings (SSSR count). The average molecular weight is 224 g/mol. The van der Waals surface area contributed by atoms with Crippen LogP contribution in [0, 0.1) is 11.8 Å². The Morgan fingerprint density at radius 3 is 2.38 bits per heavy atom. The Kier molecular flexibility index (Phi) is 6.07. The van der Waals surface area contributed by atoms with Gasteiger partial charge in [-0.1, -0.05) is 39.8 Å². The van der Waals surface area contributed by atoms with E-state index in [4.69, 9.17) is 0 Å². The zero-order chi connectivity index (χ0) is 12.0. The highest BCUT2D eigenvalue weighted by molar-refractivity contribution is 4.94. The quantitative estimate of drug-likeness (QED) is 0.697. The molecule has 1 heterocycles. The van der Waals surface area contributed by atoms with E-state index in [1.165, 1.54) is 13.0 Å². The van der Waals surface area contributed by atoms with Gasteiger partial charge >= 0.3 is 0 Å². The third kappa shape index (κ3) is 4.67. The van der Waals surface area contributed by atoms with Gasteiger partial charge in [-0.05, 0) is 24.8 Å². The minimum absolute atomic E-state index is 0.684. The van der Waals surface area contributed by atoms with Crippen LogP contribution >= 0.6 is 0 Å². The van der Waals surface area contributed by atoms with Crippen molar-refractivity contribution in [2.75, 3.05) is 26.2 Å². The van der Waals surface area contributed by atoms with Crippen LogP contribution in [0.2, 0.25) is 0 Å². The van der Waals surface area contributed by atoms with E-state index in [0.29, 0.717) is 6.04 Å². The number of rotatable bonds is 6. The number of nitrogens with one attached hydrogen (secondary N) is 1. The molecule has 1 unspecified atom stereocenters. The molecule has 0 amide bonds. The normalized spacial score (nSPS) is 19.6. The van der Waals surface area contributed by atoms with Crippen LogP contribution < -0.4 is 5.32 Å². The topological polar surface area (TPSA) is 15.3 Å². The Morgan fingerprint density at radius 2 is 1.88 bits per heavy atom. The van der Waals surface area contributed by atoms with Crippen molar-refractivity contribution < 1.29 is 0 Å². The Labute approximate surface area is 101 Å². The first-order valence-corrected chi connectivity index (χ1v) is 6.71. The lowest BCUT2D eigenvalue weighted by Crippen LogP contribution is -2.47. The molecule has 0 fully saturated rings. The Hall–Kier alpha value is -0.340. The van der Waals surface area contributed by atoms with Gasteiger partial charge in [-0.3, -0.25) is 4.90 Å². The maximum atomic E-state index is 3.60. The van der Waals surface area contributed by atoms with E-state index in [-0.39, 0.29) is 0 Å². The molecule has 0 aromatic carbocycles. The second kappa shape index (κ2) is 7.08. The molecule has 0 aromatic rings. The van der Waals surface area contributed by atoms with Gasteiger partial charge in [0.25, 0.3) is 0 Å². The fraction of sp³-hybridized carbons (Fsp3) is 0.857. The summed E-state index contributed by atoms with van der Waals surface area (Å²) in [5, 5.41) is 3.60. The second-order valence-electron chi connectivity index (χ2n) is 5.62. The van der Waals surface area contributed by atoms with E-state index in [1.807, 2.05) is 0 Å². The van der Waals surface area contributed by atoms with E-state index in [0.717, 1.165) is 31.5 Å². The summed E-state index contributed by atoms with van der Waals surface area (Å²) in [5.74, 6) is 1.47. The van der Waals surface area contributed by atoms with Crippen molar-refractivity contribution >= 4 is 0 Å². The van der Waals surface area contributed by atoms with Crippen LogP contribution in [0.15, 0.2) is 12.2 Å². The Morgan fingerprint density at radius 1 is 1.12 bits per heavy atom. The van der Waals surface area contributed by atoms with Crippen LogP contribution in [0.25, 0.3) is 0 Å². The maximum absolute atomic E-state index is 3.60. The van der Waals surface area contributed by atoms with Gasteiger partial charge in [-0.2, -0.15) is 0 Å². The highest BCUT2D eigenvalue weighted by atomic mass is 15.2. The summed E-state index contributed by atoms with van der Waals surface area (Å²) in [5.41, 5.74) is 0. The van der Waals surface area contributed by atoms with E-state index in [1.54, 1.807) is 0 Å². The second-order valence-corrected chi connectivity index (χ2v) is 5.62. The highest BCUT2D eigenvalue weighted by Crippen LogP contribution is 2.13. The van der Waals surface area contributed by atoms with Crippen LogP contribution in [0.1, 0.15) is 34.1 Å². The van der Waals surface area contributed by atoms with Crippen LogP contribution in [-0.4, -0.2) is 37.1 Å². The summed E-state index contributed by atoms with van der Waals surface area (Å²) in [7, 11) is 0. The summed E-state index contributed by atoms with van der Waals surface area (Å²) in [4.78, 5) is 2.61. The molecule has 0 saturated heterocycles. The third-order valence-corrected chi connectivity index (χ3v) is 3.23. The van der Waals surface area contributed by atoms with Gasteiger partial charge < -0.3 is 5.32 Å². The molecule has 1 aliphatic rings. The standard InChI is InChI=1S/C14H28N2/c1-12(2)10-15-11-14(13(3)4)16-8-6-5-7-9-16/h5-6,12-15H,7-11H2,1-4H3. The van der Waals surface area contributed by atoms with Gasteiger partial charge in [0.15, 0.2) is 0 Å². The Bertz CT molecular complexity index is 209. The van der Waals surface area contributed by atoms with Crippen LogP contribution in [0.3, 0.4) is 0 Å². The van der Waals surface area contributed by atoms with Gasteiger partial charge in [0, 0.05) is 25.7 Å². The summed E-state index contributed by atoms with van der Waals surface area (Å²) in [6.45, 7) is 13.8. The maximum Gasteiger partial charge on any atom is 0.0247 e. The molecular weight excluding hydrogens is 196 g/mol. The number of hydrogen-bond acceptors (Lipinski definition) is 2. The largest absolute Gasteiger partial charge is 0.315 e. The molecule has 0 spiro atoms. The van der Waals surface area contributed by atoms with E-state index in [2.05, 4.69) is 50.1 Å². The van der Waals surface area contributed by atoms with Crippen molar-refractivity contribution in [3.8, 4) is 0 Å². The van der Waals surface area contributed by atoms with E-state index < -0.39 is 0 Å². The first-order valence-electron chi connectivity index (χ1n) is 6.71. The van der Waals surface area contributed by atoms with Crippen molar-refractivity contribution in [1.29, 1.82) is 0 Å².